The van der Waals surface area contributed by atoms with Crippen LogP contribution in [0.3, 0.4) is 0 Å². The third kappa shape index (κ3) is 3.74. The molecular weight excluding hydrogens is 342 g/mol. The number of amides is 1. The van der Waals surface area contributed by atoms with E-state index in [1.807, 2.05) is 43.5 Å². The standard InChI is InChI=1S/C19H17N7O/c1-14-9-18(26(24-14)17-6-2-3-8-21-17)23-19(27)13-25-12-16(11-22-25)15-5-4-7-20-10-15/h2-12H,13H2,1H3,(H,23,27). The Labute approximate surface area is 155 Å². The first kappa shape index (κ1) is 16.6. The van der Waals surface area contributed by atoms with Crippen LogP contribution in [0, 0.1) is 6.92 Å². The Morgan fingerprint density at radius 2 is 2.04 bits per heavy atom. The molecule has 0 aromatic carbocycles. The number of hydrogen-bond acceptors (Lipinski definition) is 5. The fraction of sp³-hybridized carbons (Fsp3) is 0.105. The van der Waals surface area contributed by atoms with E-state index >= 15 is 0 Å². The lowest BCUT2D eigenvalue weighted by atomic mass is 10.2. The number of anilines is 1. The van der Waals surface area contributed by atoms with E-state index in [4.69, 9.17) is 0 Å². The van der Waals surface area contributed by atoms with Crippen molar-refractivity contribution < 1.29 is 4.79 Å². The predicted octanol–water partition coefficient (Wildman–Crippen LogP) is 2.47. The maximum atomic E-state index is 12.5. The van der Waals surface area contributed by atoms with Gasteiger partial charge in [-0.15, -0.1) is 0 Å². The zero-order valence-electron chi connectivity index (χ0n) is 14.6. The molecule has 27 heavy (non-hydrogen) atoms. The van der Waals surface area contributed by atoms with Gasteiger partial charge in [0.25, 0.3) is 0 Å². The Hall–Kier alpha value is -3.81. The summed E-state index contributed by atoms with van der Waals surface area (Å²) in [5.74, 6) is 1.00. The summed E-state index contributed by atoms with van der Waals surface area (Å²) in [6, 6.07) is 11.1. The number of aromatic nitrogens is 6. The molecule has 4 aromatic rings. The van der Waals surface area contributed by atoms with Gasteiger partial charge in [-0.05, 0) is 25.1 Å². The second kappa shape index (κ2) is 7.20. The summed E-state index contributed by atoms with van der Waals surface area (Å²) in [6.45, 7) is 1.95. The van der Waals surface area contributed by atoms with Crippen molar-refractivity contribution in [2.75, 3.05) is 5.32 Å². The minimum absolute atomic E-state index is 0.0900. The van der Waals surface area contributed by atoms with Crippen LogP contribution in [0.2, 0.25) is 0 Å². The van der Waals surface area contributed by atoms with Gasteiger partial charge in [0.15, 0.2) is 5.82 Å². The number of nitrogens with zero attached hydrogens (tertiary/aromatic N) is 6. The van der Waals surface area contributed by atoms with Crippen molar-refractivity contribution >= 4 is 11.7 Å². The maximum absolute atomic E-state index is 12.5. The van der Waals surface area contributed by atoms with Gasteiger partial charge in [0, 0.05) is 42.0 Å². The molecule has 134 valence electrons. The zero-order valence-corrected chi connectivity index (χ0v) is 14.6. The Balaban J connectivity index is 1.49. The Morgan fingerprint density at radius 1 is 1.11 bits per heavy atom. The van der Waals surface area contributed by atoms with Crippen molar-refractivity contribution in [3.05, 3.63) is 73.1 Å². The molecule has 0 saturated carbocycles. The first-order valence-electron chi connectivity index (χ1n) is 8.40. The van der Waals surface area contributed by atoms with Gasteiger partial charge < -0.3 is 5.32 Å². The number of nitrogens with one attached hydrogen (secondary N) is 1. The van der Waals surface area contributed by atoms with Crippen molar-refractivity contribution in [1.82, 2.24) is 29.5 Å². The fourth-order valence-electron chi connectivity index (χ4n) is 2.70. The summed E-state index contributed by atoms with van der Waals surface area (Å²) >= 11 is 0. The van der Waals surface area contributed by atoms with Crippen LogP contribution in [-0.2, 0) is 11.3 Å². The van der Waals surface area contributed by atoms with Crippen molar-refractivity contribution in [2.45, 2.75) is 13.5 Å². The molecule has 0 aliphatic rings. The summed E-state index contributed by atoms with van der Waals surface area (Å²) in [5, 5.41) is 11.5. The summed E-state index contributed by atoms with van der Waals surface area (Å²) < 4.78 is 3.20. The summed E-state index contributed by atoms with van der Waals surface area (Å²) in [5.41, 5.74) is 2.65. The number of pyridine rings is 2. The summed E-state index contributed by atoms with van der Waals surface area (Å²) in [7, 11) is 0. The third-order valence-electron chi connectivity index (χ3n) is 3.90. The number of carbonyl (C=O) groups is 1. The van der Waals surface area contributed by atoms with Crippen LogP contribution in [0.15, 0.2) is 67.4 Å². The highest BCUT2D eigenvalue weighted by Crippen LogP contribution is 2.17. The molecule has 8 nitrogen and oxygen atoms in total. The monoisotopic (exact) mass is 359 g/mol. The van der Waals surface area contributed by atoms with Crippen LogP contribution < -0.4 is 5.32 Å². The molecule has 0 spiro atoms. The Kier molecular flexibility index (Phi) is 4.44. The van der Waals surface area contributed by atoms with E-state index in [2.05, 4.69) is 25.5 Å². The van der Waals surface area contributed by atoms with Crippen LogP contribution >= 0.6 is 0 Å². The van der Waals surface area contributed by atoms with E-state index in [0.29, 0.717) is 11.6 Å². The van der Waals surface area contributed by atoms with Crippen LogP contribution in [0.25, 0.3) is 16.9 Å². The molecular formula is C19H17N7O. The smallest absolute Gasteiger partial charge is 0.247 e. The zero-order chi connectivity index (χ0) is 18.6. The maximum Gasteiger partial charge on any atom is 0.247 e. The molecule has 0 radical (unpaired) electrons. The molecule has 0 aliphatic heterocycles. The van der Waals surface area contributed by atoms with Gasteiger partial charge in [0.2, 0.25) is 5.91 Å². The molecule has 0 aliphatic carbocycles. The van der Waals surface area contributed by atoms with Crippen molar-refractivity contribution in [3.63, 3.8) is 0 Å². The van der Waals surface area contributed by atoms with E-state index in [-0.39, 0.29) is 12.5 Å². The van der Waals surface area contributed by atoms with Gasteiger partial charge in [-0.3, -0.25) is 14.5 Å². The van der Waals surface area contributed by atoms with Gasteiger partial charge in [0.1, 0.15) is 12.4 Å². The number of aryl methyl sites for hydroxylation is 1. The topological polar surface area (TPSA) is 90.5 Å². The largest absolute Gasteiger partial charge is 0.309 e. The van der Waals surface area contributed by atoms with Crippen molar-refractivity contribution in [1.29, 1.82) is 0 Å². The molecule has 1 amide bonds. The van der Waals surface area contributed by atoms with Gasteiger partial charge in [-0.2, -0.15) is 14.9 Å². The minimum atomic E-state index is -0.201. The highest BCUT2D eigenvalue weighted by Gasteiger charge is 2.12. The number of carbonyl (C=O) groups excluding carboxylic acids is 1. The molecule has 0 atom stereocenters. The average molecular weight is 359 g/mol. The summed E-state index contributed by atoms with van der Waals surface area (Å²) in [4.78, 5) is 20.8. The molecule has 0 bridgehead atoms. The van der Waals surface area contributed by atoms with Gasteiger partial charge >= 0.3 is 0 Å². The molecule has 8 heteroatoms. The number of hydrogen-bond donors (Lipinski definition) is 1. The average Bonchev–Trinajstić information content (AvgIpc) is 3.29. The molecule has 4 rings (SSSR count). The molecule has 1 N–H and O–H groups in total. The third-order valence-corrected chi connectivity index (χ3v) is 3.90. The lowest BCUT2D eigenvalue weighted by Crippen LogP contribution is -2.21. The van der Waals surface area contributed by atoms with Crippen LogP contribution in [0.1, 0.15) is 5.69 Å². The first-order valence-corrected chi connectivity index (χ1v) is 8.40. The van der Waals surface area contributed by atoms with E-state index in [1.165, 1.54) is 0 Å². The van der Waals surface area contributed by atoms with Crippen molar-refractivity contribution in [2.24, 2.45) is 0 Å². The normalized spacial score (nSPS) is 10.7. The van der Waals surface area contributed by atoms with Gasteiger partial charge in [-0.1, -0.05) is 12.1 Å². The summed E-state index contributed by atoms with van der Waals surface area (Å²) in [6.07, 6.45) is 8.69. The molecule has 0 unspecified atom stereocenters. The molecule has 4 heterocycles. The second-order valence-corrected chi connectivity index (χ2v) is 5.99. The minimum Gasteiger partial charge on any atom is -0.309 e. The quantitative estimate of drug-likeness (QED) is 0.591. The van der Waals surface area contributed by atoms with E-state index in [0.717, 1.165) is 16.8 Å². The van der Waals surface area contributed by atoms with Gasteiger partial charge in [-0.25, -0.2) is 4.98 Å². The lowest BCUT2D eigenvalue weighted by Gasteiger charge is -2.08. The Bertz CT molecular complexity index is 1050. The fourth-order valence-corrected chi connectivity index (χ4v) is 2.70. The molecule has 0 fully saturated rings. The molecule has 0 saturated heterocycles. The first-order chi connectivity index (χ1) is 13.2. The van der Waals surface area contributed by atoms with Crippen LogP contribution in [0.4, 0.5) is 5.82 Å². The predicted molar refractivity (Wildman–Crippen MR) is 100 cm³/mol. The second-order valence-electron chi connectivity index (χ2n) is 5.99. The van der Waals surface area contributed by atoms with Crippen LogP contribution in [0.5, 0.6) is 0 Å². The van der Waals surface area contributed by atoms with E-state index in [9.17, 15) is 4.79 Å². The number of rotatable bonds is 5. The Morgan fingerprint density at radius 3 is 2.81 bits per heavy atom. The highest BCUT2D eigenvalue weighted by molar-refractivity contribution is 5.90. The highest BCUT2D eigenvalue weighted by atomic mass is 16.2. The van der Waals surface area contributed by atoms with Crippen LogP contribution in [-0.4, -0.2) is 35.4 Å². The molecule has 4 aromatic heterocycles. The van der Waals surface area contributed by atoms with Gasteiger partial charge in [0.05, 0.1) is 11.9 Å². The van der Waals surface area contributed by atoms with E-state index in [1.54, 1.807) is 40.2 Å². The van der Waals surface area contributed by atoms with Crippen molar-refractivity contribution in [3.8, 4) is 16.9 Å². The lowest BCUT2D eigenvalue weighted by molar-refractivity contribution is -0.116. The SMILES string of the molecule is Cc1cc(NC(=O)Cn2cc(-c3cccnc3)cn2)n(-c2ccccn2)n1. The van der Waals surface area contributed by atoms with E-state index < -0.39 is 0 Å².